The molecule has 0 aliphatic rings. The van der Waals surface area contributed by atoms with Crippen molar-refractivity contribution in [2.45, 2.75) is 0 Å². The van der Waals surface area contributed by atoms with Gasteiger partial charge in [0.1, 0.15) is 6.54 Å². The van der Waals surface area contributed by atoms with Crippen molar-refractivity contribution >= 4 is 17.6 Å². The predicted molar refractivity (Wildman–Crippen MR) is 55.9 cm³/mol. The maximum Gasteiger partial charge on any atom is 0.323 e. The molecule has 0 unspecified atom stereocenters. The molecule has 0 heterocycles. The number of benzene rings is 1. The number of amides is 1. The second-order valence-corrected chi connectivity index (χ2v) is 3.16. The largest absolute Gasteiger partial charge is 0.480 e. The smallest absolute Gasteiger partial charge is 0.323 e. The van der Waals surface area contributed by atoms with Crippen LogP contribution >= 0.6 is 0 Å². The highest BCUT2D eigenvalue weighted by Crippen LogP contribution is 2.13. The van der Waals surface area contributed by atoms with Crippen LogP contribution in [0, 0.1) is 0 Å². The van der Waals surface area contributed by atoms with Gasteiger partial charge in [-0.3, -0.25) is 9.59 Å². The number of likely N-dealkylation sites (N-methyl/N-ethyl adjacent to an activating group) is 1. The Hall–Kier alpha value is -2.04. The van der Waals surface area contributed by atoms with E-state index in [4.69, 9.17) is 10.8 Å². The molecule has 3 N–H and O–H groups in total. The van der Waals surface area contributed by atoms with Crippen LogP contribution in [0.5, 0.6) is 0 Å². The fourth-order valence-corrected chi connectivity index (χ4v) is 1.17. The van der Waals surface area contributed by atoms with E-state index in [2.05, 4.69) is 0 Å². The normalized spacial score (nSPS) is 9.67. The Morgan fingerprint density at radius 1 is 1.33 bits per heavy atom. The van der Waals surface area contributed by atoms with E-state index in [9.17, 15) is 9.59 Å². The molecule has 0 radical (unpaired) electrons. The van der Waals surface area contributed by atoms with Crippen LogP contribution in [0.15, 0.2) is 24.3 Å². The van der Waals surface area contributed by atoms with E-state index in [0.717, 1.165) is 5.69 Å². The van der Waals surface area contributed by atoms with Gasteiger partial charge in [0.2, 0.25) is 5.91 Å². The van der Waals surface area contributed by atoms with Crippen LogP contribution in [-0.4, -0.2) is 30.6 Å². The van der Waals surface area contributed by atoms with Gasteiger partial charge >= 0.3 is 5.97 Å². The lowest BCUT2D eigenvalue weighted by Crippen LogP contribution is -2.25. The molecule has 5 nitrogen and oxygen atoms in total. The molecule has 1 rings (SSSR count). The molecule has 5 heteroatoms. The number of anilines is 1. The number of carbonyl (C=O) groups is 2. The van der Waals surface area contributed by atoms with E-state index in [0.29, 0.717) is 5.56 Å². The second kappa shape index (κ2) is 4.45. The van der Waals surface area contributed by atoms with E-state index < -0.39 is 11.9 Å². The van der Waals surface area contributed by atoms with Crippen molar-refractivity contribution in [1.82, 2.24) is 0 Å². The molecule has 0 aromatic heterocycles. The zero-order chi connectivity index (χ0) is 11.4. The molecule has 0 saturated heterocycles. The highest BCUT2D eigenvalue weighted by molar-refractivity contribution is 5.93. The summed E-state index contributed by atoms with van der Waals surface area (Å²) in [6.07, 6.45) is 0. The zero-order valence-electron chi connectivity index (χ0n) is 8.30. The summed E-state index contributed by atoms with van der Waals surface area (Å²) in [5.74, 6) is -1.40. The first-order chi connectivity index (χ1) is 7.00. The molecule has 0 spiro atoms. The number of aliphatic carboxylic acids is 1. The molecule has 15 heavy (non-hydrogen) atoms. The number of rotatable bonds is 4. The van der Waals surface area contributed by atoms with Crippen molar-refractivity contribution in [2.24, 2.45) is 5.73 Å². The summed E-state index contributed by atoms with van der Waals surface area (Å²) in [5.41, 5.74) is 6.20. The molecule has 1 aromatic rings. The van der Waals surface area contributed by atoms with Crippen molar-refractivity contribution in [2.75, 3.05) is 18.5 Å². The quantitative estimate of drug-likeness (QED) is 0.745. The van der Waals surface area contributed by atoms with Crippen LogP contribution in [0.1, 0.15) is 10.4 Å². The molecule has 0 aliphatic heterocycles. The number of nitrogens with zero attached hydrogens (tertiary/aromatic N) is 1. The van der Waals surface area contributed by atoms with Crippen LogP contribution in [-0.2, 0) is 4.79 Å². The third-order valence-corrected chi connectivity index (χ3v) is 1.97. The number of nitrogens with two attached hydrogens (primary N) is 1. The Kier molecular flexibility index (Phi) is 3.28. The second-order valence-electron chi connectivity index (χ2n) is 3.16. The monoisotopic (exact) mass is 208 g/mol. The van der Waals surface area contributed by atoms with Crippen molar-refractivity contribution < 1.29 is 14.7 Å². The average Bonchev–Trinajstić information content (AvgIpc) is 2.17. The summed E-state index contributed by atoms with van der Waals surface area (Å²) < 4.78 is 0. The Balaban J connectivity index is 2.79. The molecule has 0 saturated carbocycles. The van der Waals surface area contributed by atoms with Crippen LogP contribution in [0.2, 0.25) is 0 Å². The average molecular weight is 208 g/mol. The highest BCUT2D eigenvalue weighted by Gasteiger charge is 2.06. The van der Waals surface area contributed by atoms with Crippen LogP contribution in [0.4, 0.5) is 5.69 Å². The minimum atomic E-state index is -0.906. The molecular weight excluding hydrogens is 196 g/mol. The van der Waals surface area contributed by atoms with Gasteiger partial charge < -0.3 is 15.7 Å². The summed E-state index contributed by atoms with van der Waals surface area (Å²) in [7, 11) is 1.66. The Bertz CT molecular complexity index is 373. The van der Waals surface area contributed by atoms with Gasteiger partial charge in [0.05, 0.1) is 0 Å². The fraction of sp³-hybridized carbons (Fsp3) is 0.200. The molecule has 1 amide bonds. The van der Waals surface area contributed by atoms with Crippen LogP contribution < -0.4 is 10.6 Å². The lowest BCUT2D eigenvalue weighted by molar-refractivity contribution is -0.135. The molecule has 0 fully saturated rings. The predicted octanol–water partition coefficient (Wildman–Crippen LogP) is 0.306. The highest BCUT2D eigenvalue weighted by atomic mass is 16.4. The number of carbonyl (C=O) groups excluding carboxylic acids is 1. The first-order valence-electron chi connectivity index (χ1n) is 4.33. The minimum absolute atomic E-state index is 0.0874. The number of hydrogen-bond donors (Lipinski definition) is 2. The maximum absolute atomic E-state index is 10.8. The number of hydrogen-bond acceptors (Lipinski definition) is 3. The summed E-state index contributed by atoms with van der Waals surface area (Å²) in [4.78, 5) is 22.8. The number of carboxylic acids is 1. The molecule has 0 atom stereocenters. The Morgan fingerprint density at radius 2 is 1.87 bits per heavy atom. The van der Waals surface area contributed by atoms with E-state index >= 15 is 0 Å². The SMILES string of the molecule is CN(CC(=O)O)c1ccc(C(N)=O)cc1. The number of primary amides is 1. The molecular formula is C10H12N2O3. The van der Waals surface area contributed by atoms with Gasteiger partial charge in [-0.25, -0.2) is 0 Å². The summed E-state index contributed by atoms with van der Waals surface area (Å²) in [6.45, 7) is -0.0874. The van der Waals surface area contributed by atoms with Crippen LogP contribution in [0.3, 0.4) is 0 Å². The van der Waals surface area contributed by atoms with Gasteiger partial charge in [-0.15, -0.1) is 0 Å². The third-order valence-electron chi connectivity index (χ3n) is 1.97. The molecule has 1 aromatic carbocycles. The lowest BCUT2D eigenvalue weighted by atomic mass is 10.2. The van der Waals surface area contributed by atoms with E-state index in [1.165, 1.54) is 0 Å². The van der Waals surface area contributed by atoms with Gasteiger partial charge in [0, 0.05) is 18.3 Å². The number of carboxylic acid groups (broad SMARTS) is 1. The van der Waals surface area contributed by atoms with Gasteiger partial charge in [-0.1, -0.05) is 0 Å². The third kappa shape index (κ3) is 2.98. The van der Waals surface area contributed by atoms with Crippen LogP contribution in [0.25, 0.3) is 0 Å². The van der Waals surface area contributed by atoms with E-state index in [1.807, 2.05) is 0 Å². The van der Waals surface area contributed by atoms with E-state index in [-0.39, 0.29) is 6.54 Å². The van der Waals surface area contributed by atoms with Gasteiger partial charge in [0.15, 0.2) is 0 Å². The summed E-state index contributed by atoms with van der Waals surface area (Å²) >= 11 is 0. The van der Waals surface area contributed by atoms with Crippen molar-refractivity contribution in [3.05, 3.63) is 29.8 Å². The van der Waals surface area contributed by atoms with Gasteiger partial charge in [0.25, 0.3) is 0 Å². The maximum atomic E-state index is 10.8. The first-order valence-corrected chi connectivity index (χ1v) is 4.33. The standard InChI is InChI=1S/C10H12N2O3/c1-12(6-9(13)14)8-4-2-7(3-5-8)10(11)15/h2-5H,6H2,1H3,(H2,11,15)(H,13,14). The van der Waals surface area contributed by atoms with Gasteiger partial charge in [-0.05, 0) is 24.3 Å². The van der Waals surface area contributed by atoms with Crippen molar-refractivity contribution in [1.29, 1.82) is 0 Å². The van der Waals surface area contributed by atoms with Gasteiger partial charge in [-0.2, -0.15) is 0 Å². The topological polar surface area (TPSA) is 83.6 Å². The minimum Gasteiger partial charge on any atom is -0.480 e. The van der Waals surface area contributed by atoms with E-state index in [1.54, 1.807) is 36.2 Å². The van der Waals surface area contributed by atoms with Crippen molar-refractivity contribution in [3.8, 4) is 0 Å². The van der Waals surface area contributed by atoms with Crippen molar-refractivity contribution in [3.63, 3.8) is 0 Å². The first kappa shape index (κ1) is 11.0. The Labute approximate surface area is 87.1 Å². The molecule has 0 aliphatic carbocycles. The molecule has 80 valence electrons. The lowest BCUT2D eigenvalue weighted by Gasteiger charge is -2.16. The summed E-state index contributed by atoms with van der Waals surface area (Å²) in [6, 6.07) is 6.44. The Morgan fingerprint density at radius 3 is 2.27 bits per heavy atom. The zero-order valence-corrected chi connectivity index (χ0v) is 8.30. The summed E-state index contributed by atoms with van der Waals surface area (Å²) in [5, 5.41) is 8.57. The fourth-order valence-electron chi connectivity index (χ4n) is 1.17. The molecule has 0 bridgehead atoms.